The lowest BCUT2D eigenvalue weighted by Crippen LogP contribution is -2.14. The third-order valence-electron chi connectivity index (χ3n) is 2.12. The third-order valence-corrected chi connectivity index (χ3v) is 2.12. The van der Waals surface area contributed by atoms with Crippen molar-refractivity contribution in [3.8, 4) is 0 Å². The quantitative estimate of drug-likeness (QED) is 0.430. The molecule has 1 unspecified atom stereocenters. The summed E-state index contributed by atoms with van der Waals surface area (Å²) in [6.07, 6.45) is 5.05. The van der Waals surface area contributed by atoms with E-state index in [0.717, 1.165) is 19.4 Å². The van der Waals surface area contributed by atoms with Crippen LogP contribution >= 0.6 is 0 Å². The van der Waals surface area contributed by atoms with Crippen LogP contribution in [0.4, 0.5) is 0 Å². The molecule has 0 aromatic heterocycles. The highest BCUT2D eigenvalue weighted by molar-refractivity contribution is 5.86. The van der Waals surface area contributed by atoms with Crippen molar-refractivity contribution in [1.29, 1.82) is 0 Å². The van der Waals surface area contributed by atoms with E-state index in [0.29, 0.717) is 13.0 Å². The molecule has 1 saturated heterocycles. The van der Waals surface area contributed by atoms with Gasteiger partial charge in [0.1, 0.15) is 0 Å². The van der Waals surface area contributed by atoms with E-state index in [2.05, 4.69) is 4.74 Å². The van der Waals surface area contributed by atoms with E-state index in [1.807, 2.05) is 6.92 Å². The van der Waals surface area contributed by atoms with Gasteiger partial charge in [0.2, 0.25) is 0 Å². The number of allylic oxidation sites excluding steroid dienone is 1. The van der Waals surface area contributed by atoms with Crippen molar-refractivity contribution in [3.63, 3.8) is 0 Å². The second kappa shape index (κ2) is 10.8. The first-order valence-corrected chi connectivity index (χ1v) is 6.03. The second-order valence-corrected chi connectivity index (χ2v) is 3.95. The van der Waals surface area contributed by atoms with Gasteiger partial charge in [0.05, 0.1) is 32.5 Å². The number of rotatable bonds is 2. The maximum Gasteiger partial charge on any atom is 0.308 e. The molecular weight excluding hydrogens is 236 g/mol. The Morgan fingerprint density at radius 3 is 2.72 bits per heavy atom. The van der Waals surface area contributed by atoms with E-state index in [4.69, 9.17) is 9.47 Å². The number of carbonyl (C=O) groups is 2. The molecule has 0 spiro atoms. The molecule has 0 amide bonds. The Bertz CT molecular complexity index is 273. The van der Waals surface area contributed by atoms with Gasteiger partial charge in [0.15, 0.2) is 5.78 Å². The minimum atomic E-state index is -0.139. The van der Waals surface area contributed by atoms with E-state index < -0.39 is 0 Å². The van der Waals surface area contributed by atoms with E-state index >= 15 is 0 Å². The monoisotopic (exact) mass is 258 g/mol. The summed E-state index contributed by atoms with van der Waals surface area (Å²) in [5, 5.41) is 0. The SMILES string of the molecule is CC1CCCOCCC(=O)O1.CO/C=C/C(C)=O. The molecule has 18 heavy (non-hydrogen) atoms. The van der Waals surface area contributed by atoms with Gasteiger partial charge in [0.25, 0.3) is 0 Å². The zero-order valence-corrected chi connectivity index (χ0v) is 11.3. The number of ketones is 1. The molecule has 1 fully saturated rings. The molecule has 1 aliphatic rings. The van der Waals surface area contributed by atoms with Crippen molar-refractivity contribution in [2.45, 2.75) is 39.2 Å². The molecule has 5 nitrogen and oxygen atoms in total. The van der Waals surface area contributed by atoms with E-state index in [1.165, 1.54) is 26.4 Å². The van der Waals surface area contributed by atoms with Crippen LogP contribution in [0.15, 0.2) is 12.3 Å². The molecule has 0 aromatic carbocycles. The lowest BCUT2D eigenvalue weighted by molar-refractivity contribution is -0.148. The van der Waals surface area contributed by atoms with Gasteiger partial charge >= 0.3 is 5.97 Å². The Labute approximate surface area is 108 Å². The Morgan fingerprint density at radius 2 is 2.17 bits per heavy atom. The van der Waals surface area contributed by atoms with Crippen LogP contribution in [-0.4, -0.2) is 38.2 Å². The van der Waals surface area contributed by atoms with Crippen LogP contribution in [0, 0.1) is 0 Å². The average molecular weight is 258 g/mol. The second-order valence-electron chi connectivity index (χ2n) is 3.95. The van der Waals surface area contributed by atoms with Crippen LogP contribution in [-0.2, 0) is 23.8 Å². The van der Waals surface area contributed by atoms with Crippen LogP contribution in [0.25, 0.3) is 0 Å². The van der Waals surface area contributed by atoms with Gasteiger partial charge in [-0.05, 0) is 26.7 Å². The molecular formula is C13H22O5. The summed E-state index contributed by atoms with van der Waals surface area (Å²) in [6.45, 7) is 4.64. The van der Waals surface area contributed by atoms with Crippen LogP contribution in [0.5, 0.6) is 0 Å². The zero-order chi connectivity index (χ0) is 13.8. The molecule has 0 saturated carbocycles. The first-order valence-electron chi connectivity index (χ1n) is 6.03. The molecule has 1 atom stereocenters. The molecule has 5 heteroatoms. The fraction of sp³-hybridized carbons (Fsp3) is 0.692. The number of ether oxygens (including phenoxy) is 3. The highest BCUT2D eigenvalue weighted by atomic mass is 16.5. The standard InChI is InChI=1S/C8H14O3.C5H8O2/c1-7-3-2-5-10-6-4-8(9)11-7;1-5(6)3-4-7-2/h7H,2-6H2,1H3;3-4H,1-2H3/b;4-3+. The van der Waals surface area contributed by atoms with Crippen molar-refractivity contribution in [3.05, 3.63) is 12.3 Å². The van der Waals surface area contributed by atoms with Crippen molar-refractivity contribution in [2.24, 2.45) is 0 Å². The Hall–Kier alpha value is -1.36. The maximum absolute atomic E-state index is 10.9. The Morgan fingerprint density at radius 1 is 1.44 bits per heavy atom. The van der Waals surface area contributed by atoms with E-state index in [1.54, 1.807) is 0 Å². The normalized spacial score (nSPS) is 20.8. The molecule has 1 aliphatic heterocycles. The van der Waals surface area contributed by atoms with Crippen molar-refractivity contribution in [2.75, 3.05) is 20.3 Å². The Kier molecular flexibility index (Phi) is 9.96. The minimum absolute atomic E-state index is 0.00171. The summed E-state index contributed by atoms with van der Waals surface area (Å²) in [5.74, 6) is -0.138. The van der Waals surface area contributed by atoms with Gasteiger partial charge in [-0.1, -0.05) is 0 Å². The van der Waals surface area contributed by atoms with Gasteiger partial charge in [-0.25, -0.2) is 0 Å². The molecule has 1 heterocycles. The lowest BCUT2D eigenvalue weighted by Gasteiger charge is -2.09. The van der Waals surface area contributed by atoms with Crippen molar-refractivity contribution < 1.29 is 23.8 Å². The van der Waals surface area contributed by atoms with Gasteiger partial charge in [-0.3, -0.25) is 9.59 Å². The van der Waals surface area contributed by atoms with Gasteiger partial charge < -0.3 is 14.2 Å². The molecule has 0 aromatic rings. The summed E-state index contributed by atoms with van der Waals surface area (Å²) in [4.78, 5) is 20.9. The summed E-state index contributed by atoms with van der Waals surface area (Å²) < 4.78 is 14.7. The van der Waals surface area contributed by atoms with Crippen LogP contribution in [0.3, 0.4) is 0 Å². The van der Waals surface area contributed by atoms with Crippen molar-refractivity contribution >= 4 is 11.8 Å². The highest BCUT2D eigenvalue weighted by Gasteiger charge is 2.11. The summed E-state index contributed by atoms with van der Waals surface area (Å²) in [7, 11) is 1.50. The molecule has 1 rings (SSSR count). The lowest BCUT2D eigenvalue weighted by atomic mass is 10.2. The molecule has 0 bridgehead atoms. The number of esters is 1. The number of carbonyl (C=O) groups excluding carboxylic acids is 2. The fourth-order valence-electron chi connectivity index (χ4n) is 1.24. The maximum atomic E-state index is 10.9. The summed E-state index contributed by atoms with van der Waals surface area (Å²) >= 11 is 0. The largest absolute Gasteiger partial charge is 0.504 e. The smallest absolute Gasteiger partial charge is 0.308 e. The zero-order valence-electron chi connectivity index (χ0n) is 11.3. The van der Waals surface area contributed by atoms with Gasteiger partial charge in [-0.15, -0.1) is 0 Å². The highest BCUT2D eigenvalue weighted by Crippen LogP contribution is 2.06. The molecule has 104 valence electrons. The third kappa shape index (κ3) is 11.1. The first kappa shape index (κ1) is 16.6. The average Bonchev–Trinajstić information content (AvgIpc) is 2.39. The number of cyclic esters (lactones) is 1. The van der Waals surface area contributed by atoms with E-state index in [-0.39, 0.29) is 17.9 Å². The topological polar surface area (TPSA) is 61.8 Å². The number of hydrogen-bond donors (Lipinski definition) is 0. The summed E-state index contributed by atoms with van der Waals surface area (Å²) in [5.41, 5.74) is 0. The van der Waals surface area contributed by atoms with Gasteiger partial charge in [0, 0.05) is 12.7 Å². The molecule has 0 aliphatic carbocycles. The fourth-order valence-corrected chi connectivity index (χ4v) is 1.24. The van der Waals surface area contributed by atoms with Crippen LogP contribution < -0.4 is 0 Å². The number of hydrogen-bond acceptors (Lipinski definition) is 5. The number of methoxy groups -OCH3 is 1. The molecule has 0 N–H and O–H groups in total. The van der Waals surface area contributed by atoms with Crippen LogP contribution in [0.2, 0.25) is 0 Å². The van der Waals surface area contributed by atoms with E-state index in [9.17, 15) is 9.59 Å². The Balaban J connectivity index is 0.000000360. The summed E-state index contributed by atoms with van der Waals surface area (Å²) in [6, 6.07) is 0. The first-order chi connectivity index (χ1) is 8.56. The predicted octanol–water partition coefficient (Wildman–Crippen LogP) is 1.85. The molecule has 0 radical (unpaired) electrons. The van der Waals surface area contributed by atoms with Gasteiger partial charge in [-0.2, -0.15) is 0 Å². The van der Waals surface area contributed by atoms with Crippen molar-refractivity contribution in [1.82, 2.24) is 0 Å². The predicted molar refractivity (Wildman–Crippen MR) is 67.1 cm³/mol. The van der Waals surface area contributed by atoms with Crippen LogP contribution in [0.1, 0.15) is 33.1 Å². The minimum Gasteiger partial charge on any atom is -0.504 e.